The fourth-order valence-electron chi connectivity index (χ4n) is 4.48. The Morgan fingerprint density at radius 2 is 1.09 bits per heavy atom. The van der Waals surface area contributed by atoms with Crippen molar-refractivity contribution in [2.75, 3.05) is 22.9 Å². The van der Waals surface area contributed by atoms with Gasteiger partial charge in [-0.25, -0.2) is 0 Å². The minimum atomic E-state index is -0.178. The monoisotopic (exact) mass is 616 g/mol. The molecule has 230 valence electrons. The van der Waals surface area contributed by atoms with Gasteiger partial charge >= 0.3 is 0 Å². The maximum Gasteiger partial charge on any atom is 0.255 e. The second-order valence-electron chi connectivity index (χ2n) is 12.9. The first-order valence-corrected chi connectivity index (χ1v) is 15.9. The van der Waals surface area contributed by atoms with Gasteiger partial charge in [0.05, 0.1) is 16.7 Å². The van der Waals surface area contributed by atoms with Crippen LogP contribution in [0.3, 0.4) is 0 Å². The van der Waals surface area contributed by atoms with Crippen LogP contribution in [0.4, 0.5) is 11.4 Å². The number of thioether (sulfide) groups is 1. The third-order valence-corrected chi connectivity index (χ3v) is 8.30. The molecule has 4 aromatic carbocycles. The first kappa shape index (κ1) is 33.2. The molecule has 0 aliphatic carbocycles. The number of amides is 2. The smallest absolute Gasteiger partial charge is 0.255 e. The number of nitriles is 1. The predicted octanol–water partition coefficient (Wildman–Crippen LogP) is 8.84. The third-order valence-electron chi connectivity index (χ3n) is 7.27. The Bertz CT molecular complexity index is 1690. The maximum atomic E-state index is 12.4. The highest BCUT2D eigenvalue weighted by atomic mass is 32.2. The molecule has 0 bridgehead atoms. The lowest BCUT2D eigenvalue weighted by Crippen LogP contribution is -2.13. The first-order valence-electron chi connectivity index (χ1n) is 14.9. The molecule has 6 nitrogen and oxygen atoms in total. The zero-order chi connectivity index (χ0) is 32.6. The first-order chi connectivity index (χ1) is 21.3. The van der Waals surface area contributed by atoms with E-state index in [-0.39, 0.29) is 22.6 Å². The molecule has 1 aliphatic rings. The molecule has 2 N–H and O–H groups in total. The van der Waals surface area contributed by atoms with Crippen molar-refractivity contribution in [1.82, 2.24) is 0 Å². The van der Waals surface area contributed by atoms with Crippen LogP contribution >= 0.6 is 11.8 Å². The minimum Gasteiger partial charge on any atom is -0.322 e. The minimum absolute atomic E-state index is 0.0916. The second kappa shape index (κ2) is 14.4. The summed E-state index contributed by atoms with van der Waals surface area (Å²) in [7, 11) is 0. The molecule has 0 spiro atoms. The molecule has 0 saturated heterocycles. The summed E-state index contributed by atoms with van der Waals surface area (Å²) in [6.45, 7) is 13.9. The summed E-state index contributed by atoms with van der Waals surface area (Å²) in [6, 6.07) is 32.1. The molecule has 1 aliphatic heterocycles. The quantitative estimate of drug-likeness (QED) is 0.234. The van der Waals surface area contributed by atoms with Gasteiger partial charge < -0.3 is 10.6 Å². The van der Waals surface area contributed by atoms with E-state index in [1.807, 2.05) is 66.7 Å². The Kier molecular flexibility index (Phi) is 10.6. The molecule has 0 saturated carbocycles. The number of aliphatic imine (C=N–C) groups is 1. The van der Waals surface area contributed by atoms with E-state index in [1.165, 1.54) is 11.1 Å². The molecule has 0 radical (unpaired) electrons. The Morgan fingerprint density at radius 3 is 1.44 bits per heavy atom. The second-order valence-corrected chi connectivity index (χ2v) is 13.9. The number of benzene rings is 4. The lowest BCUT2D eigenvalue weighted by Gasteiger charge is -2.19. The summed E-state index contributed by atoms with van der Waals surface area (Å²) < 4.78 is 0. The van der Waals surface area contributed by atoms with E-state index in [4.69, 9.17) is 5.26 Å². The van der Waals surface area contributed by atoms with Gasteiger partial charge in [-0.05, 0) is 82.6 Å². The van der Waals surface area contributed by atoms with Gasteiger partial charge in [0.1, 0.15) is 0 Å². The van der Waals surface area contributed by atoms with Crippen LogP contribution in [0, 0.1) is 11.3 Å². The van der Waals surface area contributed by atoms with Crippen LogP contribution in [0.5, 0.6) is 0 Å². The van der Waals surface area contributed by atoms with Gasteiger partial charge in [0.15, 0.2) is 0 Å². The van der Waals surface area contributed by atoms with E-state index >= 15 is 0 Å². The van der Waals surface area contributed by atoms with E-state index < -0.39 is 0 Å². The van der Waals surface area contributed by atoms with Crippen LogP contribution in [0.25, 0.3) is 0 Å². The zero-order valence-electron chi connectivity index (χ0n) is 26.8. The van der Waals surface area contributed by atoms with Crippen LogP contribution in [0.2, 0.25) is 0 Å². The van der Waals surface area contributed by atoms with Gasteiger partial charge in [0, 0.05) is 40.4 Å². The number of hydrogen-bond donors (Lipinski definition) is 2. The van der Waals surface area contributed by atoms with Gasteiger partial charge in [-0.15, -0.1) is 11.8 Å². The third kappa shape index (κ3) is 9.41. The Hall–Kier alpha value is -4.67. The number of anilines is 2. The van der Waals surface area contributed by atoms with Crippen molar-refractivity contribution < 1.29 is 9.59 Å². The van der Waals surface area contributed by atoms with E-state index in [0.29, 0.717) is 16.7 Å². The number of carbonyl (C=O) groups excluding carboxylic acids is 2. The highest BCUT2D eigenvalue weighted by Crippen LogP contribution is 2.25. The van der Waals surface area contributed by atoms with Crippen molar-refractivity contribution in [2.24, 2.45) is 4.99 Å². The van der Waals surface area contributed by atoms with E-state index in [2.05, 4.69) is 69.3 Å². The van der Waals surface area contributed by atoms with Gasteiger partial charge in [0.2, 0.25) is 0 Å². The Morgan fingerprint density at radius 1 is 0.667 bits per heavy atom. The van der Waals surface area contributed by atoms with Crippen molar-refractivity contribution >= 4 is 40.0 Å². The lowest BCUT2D eigenvalue weighted by molar-refractivity contribution is 0.101. The highest BCUT2D eigenvalue weighted by molar-refractivity contribution is 8.14. The molecule has 0 aromatic heterocycles. The average Bonchev–Trinajstić information content (AvgIpc) is 3.56. The summed E-state index contributed by atoms with van der Waals surface area (Å²) in [5, 5.41) is 15.6. The summed E-state index contributed by atoms with van der Waals surface area (Å²) in [5.41, 5.74) is 7.07. The maximum absolute atomic E-state index is 12.4. The molecular weight excluding hydrogens is 577 g/mol. The van der Waals surface area contributed by atoms with Crippen molar-refractivity contribution in [3.05, 3.63) is 130 Å². The molecule has 45 heavy (non-hydrogen) atoms. The van der Waals surface area contributed by atoms with Crippen molar-refractivity contribution in [1.29, 1.82) is 5.26 Å². The Labute approximate surface area is 271 Å². The highest BCUT2D eigenvalue weighted by Gasteiger charge is 2.15. The van der Waals surface area contributed by atoms with Gasteiger partial charge in [-0.2, -0.15) is 5.26 Å². The molecule has 0 fully saturated rings. The Balaban J connectivity index is 0.000000207. The van der Waals surface area contributed by atoms with Gasteiger partial charge in [-0.1, -0.05) is 77.9 Å². The predicted molar refractivity (Wildman–Crippen MR) is 188 cm³/mol. The van der Waals surface area contributed by atoms with Crippen LogP contribution in [-0.4, -0.2) is 29.2 Å². The normalized spacial score (nSPS) is 12.7. The fourth-order valence-corrected chi connectivity index (χ4v) is 5.34. The van der Waals surface area contributed by atoms with Crippen molar-refractivity contribution in [3.8, 4) is 6.07 Å². The van der Waals surface area contributed by atoms with E-state index in [1.54, 1.807) is 36.0 Å². The number of hydrogen-bond acceptors (Lipinski definition) is 5. The molecule has 4 aromatic rings. The molecule has 5 rings (SSSR count). The van der Waals surface area contributed by atoms with Gasteiger partial charge in [-0.3, -0.25) is 14.6 Å². The van der Waals surface area contributed by atoms with Crippen LogP contribution < -0.4 is 10.6 Å². The molecule has 0 atom stereocenters. The van der Waals surface area contributed by atoms with Crippen LogP contribution in [0.15, 0.2) is 102 Å². The number of rotatable bonds is 5. The van der Waals surface area contributed by atoms with Gasteiger partial charge in [0.25, 0.3) is 11.8 Å². The van der Waals surface area contributed by atoms with E-state index in [9.17, 15) is 9.59 Å². The summed E-state index contributed by atoms with van der Waals surface area (Å²) in [5.74, 6) is 0.774. The molecule has 2 amide bonds. The largest absolute Gasteiger partial charge is 0.322 e. The molecule has 0 unspecified atom stereocenters. The fraction of sp³-hybridized carbons (Fsp3) is 0.263. The van der Waals surface area contributed by atoms with E-state index in [0.717, 1.165) is 34.3 Å². The summed E-state index contributed by atoms with van der Waals surface area (Å²) in [6.07, 6.45) is 0. The zero-order valence-corrected chi connectivity index (χ0v) is 27.6. The van der Waals surface area contributed by atoms with Crippen molar-refractivity contribution in [3.63, 3.8) is 0 Å². The van der Waals surface area contributed by atoms with Crippen LogP contribution in [0.1, 0.15) is 84.5 Å². The number of nitrogens with zero attached hydrogens (tertiary/aromatic N) is 2. The van der Waals surface area contributed by atoms with Crippen LogP contribution in [-0.2, 0) is 10.8 Å². The molecule has 1 heterocycles. The summed E-state index contributed by atoms with van der Waals surface area (Å²) in [4.78, 5) is 28.9. The number of nitrogens with one attached hydrogen (secondary N) is 2. The molecule has 7 heteroatoms. The topological polar surface area (TPSA) is 94.4 Å². The molecular formula is C38H40N4O2S. The summed E-state index contributed by atoms with van der Waals surface area (Å²) >= 11 is 1.77. The lowest BCUT2D eigenvalue weighted by atomic mass is 9.87. The SMILES string of the molecule is CC(C)(C)c1ccc(NC(=O)c2ccc(C#N)cc2)cc1.CC(C)(C)c1ccc(NC(=O)c2ccc(C3=NCCS3)cc2)cc1. The standard InChI is InChI=1S/C20H22N2OS.C18H18N2O/c1-20(2,3)16-8-10-17(11-9-16)22-18(23)14-4-6-15(7-5-14)19-21-12-13-24-19;1-18(2,3)15-8-10-16(11-9-15)20-17(21)14-6-4-13(12-19)5-7-14/h4-11H,12-13H2,1-3H3,(H,22,23);4-11H,1-3H3,(H,20,21). The average molecular weight is 617 g/mol. The number of carbonyl (C=O) groups is 2. The van der Waals surface area contributed by atoms with Crippen molar-refractivity contribution in [2.45, 2.75) is 52.4 Å².